The molecule has 2 aromatic carbocycles. The molecule has 1 amide bonds. The molecule has 0 spiro atoms. The maximum Gasteiger partial charge on any atom is 0.234 e. The lowest BCUT2D eigenvalue weighted by Crippen LogP contribution is -2.14. The fourth-order valence-electron chi connectivity index (χ4n) is 1.97. The van der Waals surface area contributed by atoms with Gasteiger partial charge in [0.15, 0.2) is 0 Å². The molecule has 0 heterocycles. The van der Waals surface area contributed by atoms with Crippen LogP contribution >= 0.6 is 11.8 Å². The summed E-state index contributed by atoms with van der Waals surface area (Å²) in [6, 6.07) is 16.5. The van der Waals surface area contributed by atoms with Crippen LogP contribution in [0.2, 0.25) is 0 Å². The molecule has 21 heavy (non-hydrogen) atoms. The molecule has 0 fully saturated rings. The van der Waals surface area contributed by atoms with Gasteiger partial charge in [-0.05, 0) is 36.6 Å². The van der Waals surface area contributed by atoms with Crippen molar-refractivity contribution in [3.05, 3.63) is 65.2 Å². The molecule has 0 aliphatic rings. The van der Waals surface area contributed by atoms with Crippen molar-refractivity contribution in [2.75, 3.05) is 11.1 Å². The summed E-state index contributed by atoms with van der Waals surface area (Å²) in [6.07, 6.45) is 1.01. The van der Waals surface area contributed by atoms with E-state index >= 15 is 0 Å². The average molecular weight is 299 g/mol. The lowest BCUT2D eigenvalue weighted by Gasteiger charge is -2.06. The summed E-state index contributed by atoms with van der Waals surface area (Å²) in [5.41, 5.74) is 4.66. The molecule has 2 nitrogen and oxygen atoms in total. The summed E-state index contributed by atoms with van der Waals surface area (Å²) < 4.78 is 0. The van der Waals surface area contributed by atoms with Gasteiger partial charge in [0.1, 0.15) is 0 Å². The number of nitrogens with one attached hydrogen (secondary N) is 1. The molecule has 0 bridgehead atoms. The predicted octanol–water partition coefficient (Wildman–Crippen LogP) is 4.43. The fourth-order valence-corrected chi connectivity index (χ4v) is 2.75. The summed E-state index contributed by atoms with van der Waals surface area (Å²) in [7, 11) is 0. The molecule has 2 rings (SSSR count). The van der Waals surface area contributed by atoms with Gasteiger partial charge in [0, 0.05) is 11.4 Å². The van der Waals surface area contributed by atoms with Gasteiger partial charge in [-0.2, -0.15) is 0 Å². The van der Waals surface area contributed by atoms with E-state index in [-0.39, 0.29) is 5.91 Å². The minimum Gasteiger partial charge on any atom is -0.325 e. The zero-order chi connectivity index (χ0) is 15.1. The molecule has 1 N–H and O–H groups in total. The zero-order valence-electron chi connectivity index (χ0n) is 12.6. The van der Waals surface area contributed by atoms with Gasteiger partial charge in [0.2, 0.25) is 5.91 Å². The van der Waals surface area contributed by atoms with E-state index < -0.39 is 0 Å². The topological polar surface area (TPSA) is 29.1 Å². The van der Waals surface area contributed by atoms with Crippen LogP contribution in [0.1, 0.15) is 23.6 Å². The van der Waals surface area contributed by atoms with Gasteiger partial charge in [-0.25, -0.2) is 0 Å². The Bertz CT molecular complexity index is 575. The Morgan fingerprint density at radius 3 is 2.24 bits per heavy atom. The Morgan fingerprint density at radius 2 is 1.62 bits per heavy atom. The SMILES string of the molecule is CCc1ccc(NC(=O)CSCc2ccc(C)cc2)cc1. The summed E-state index contributed by atoms with van der Waals surface area (Å²) >= 11 is 1.64. The molecule has 3 heteroatoms. The van der Waals surface area contributed by atoms with Gasteiger partial charge in [-0.15, -0.1) is 11.8 Å². The maximum absolute atomic E-state index is 11.9. The number of hydrogen-bond acceptors (Lipinski definition) is 2. The standard InChI is InChI=1S/C18H21NOS/c1-3-15-8-10-17(11-9-15)19-18(20)13-21-12-16-6-4-14(2)5-7-16/h4-11H,3,12-13H2,1-2H3,(H,19,20). The molecule has 0 saturated heterocycles. The van der Waals surface area contributed by atoms with E-state index in [0.717, 1.165) is 17.9 Å². The first-order chi connectivity index (χ1) is 10.2. The Labute approximate surface area is 131 Å². The number of rotatable bonds is 6. The molecule has 0 aliphatic carbocycles. The Hall–Kier alpha value is -1.74. The lowest BCUT2D eigenvalue weighted by atomic mass is 10.1. The van der Waals surface area contributed by atoms with E-state index in [1.807, 2.05) is 12.1 Å². The second-order valence-electron chi connectivity index (χ2n) is 5.08. The first-order valence-corrected chi connectivity index (χ1v) is 8.35. The average Bonchev–Trinajstić information content (AvgIpc) is 2.50. The minimum absolute atomic E-state index is 0.0522. The first-order valence-electron chi connectivity index (χ1n) is 7.19. The summed E-state index contributed by atoms with van der Waals surface area (Å²) in [5, 5.41) is 2.93. The third kappa shape index (κ3) is 5.27. The Kier molecular flexibility index (Phi) is 5.88. The number of amides is 1. The minimum atomic E-state index is 0.0522. The summed E-state index contributed by atoms with van der Waals surface area (Å²) in [5.74, 6) is 1.39. The van der Waals surface area contributed by atoms with E-state index in [1.165, 1.54) is 16.7 Å². The van der Waals surface area contributed by atoms with Crippen molar-refractivity contribution >= 4 is 23.4 Å². The highest BCUT2D eigenvalue weighted by Gasteiger charge is 2.03. The van der Waals surface area contributed by atoms with Crippen LogP contribution in [0.5, 0.6) is 0 Å². The van der Waals surface area contributed by atoms with E-state index in [4.69, 9.17) is 0 Å². The maximum atomic E-state index is 11.9. The van der Waals surface area contributed by atoms with Crippen LogP contribution in [0, 0.1) is 6.92 Å². The van der Waals surface area contributed by atoms with E-state index in [9.17, 15) is 4.79 Å². The predicted molar refractivity (Wildman–Crippen MR) is 91.8 cm³/mol. The number of carbonyl (C=O) groups is 1. The highest BCUT2D eigenvalue weighted by molar-refractivity contribution is 7.99. The van der Waals surface area contributed by atoms with Crippen LogP contribution in [0.4, 0.5) is 5.69 Å². The molecule has 110 valence electrons. The summed E-state index contributed by atoms with van der Waals surface area (Å²) in [4.78, 5) is 11.9. The number of anilines is 1. The van der Waals surface area contributed by atoms with Gasteiger partial charge < -0.3 is 5.32 Å². The third-order valence-electron chi connectivity index (χ3n) is 3.27. The van der Waals surface area contributed by atoms with Crippen molar-refractivity contribution in [3.63, 3.8) is 0 Å². The van der Waals surface area contributed by atoms with Crippen LogP contribution in [0.3, 0.4) is 0 Å². The molecule has 0 saturated carbocycles. The van der Waals surface area contributed by atoms with E-state index in [0.29, 0.717) is 5.75 Å². The Morgan fingerprint density at radius 1 is 1.00 bits per heavy atom. The number of thioether (sulfide) groups is 1. The molecule has 0 radical (unpaired) electrons. The Balaban J connectivity index is 1.75. The number of hydrogen-bond donors (Lipinski definition) is 1. The quantitative estimate of drug-likeness (QED) is 0.855. The molecule has 0 aromatic heterocycles. The third-order valence-corrected chi connectivity index (χ3v) is 4.27. The van der Waals surface area contributed by atoms with Crippen LogP contribution in [-0.4, -0.2) is 11.7 Å². The number of carbonyl (C=O) groups excluding carboxylic acids is 1. The van der Waals surface area contributed by atoms with Crippen molar-refractivity contribution in [3.8, 4) is 0 Å². The first kappa shape index (κ1) is 15.6. The van der Waals surface area contributed by atoms with Gasteiger partial charge in [-0.1, -0.05) is 48.9 Å². The summed E-state index contributed by atoms with van der Waals surface area (Å²) in [6.45, 7) is 4.20. The van der Waals surface area contributed by atoms with E-state index in [2.05, 4.69) is 55.6 Å². The smallest absolute Gasteiger partial charge is 0.234 e. The fraction of sp³-hybridized carbons (Fsp3) is 0.278. The number of aryl methyl sites for hydroxylation is 2. The molecular weight excluding hydrogens is 278 g/mol. The normalized spacial score (nSPS) is 10.4. The second kappa shape index (κ2) is 7.89. The van der Waals surface area contributed by atoms with Gasteiger partial charge in [-0.3, -0.25) is 4.79 Å². The van der Waals surface area contributed by atoms with Gasteiger partial charge in [0.25, 0.3) is 0 Å². The van der Waals surface area contributed by atoms with Crippen molar-refractivity contribution in [1.82, 2.24) is 0 Å². The second-order valence-corrected chi connectivity index (χ2v) is 6.06. The van der Waals surface area contributed by atoms with Crippen molar-refractivity contribution in [2.24, 2.45) is 0 Å². The van der Waals surface area contributed by atoms with Gasteiger partial charge >= 0.3 is 0 Å². The molecule has 0 aliphatic heterocycles. The van der Waals surface area contributed by atoms with Crippen molar-refractivity contribution in [1.29, 1.82) is 0 Å². The molecule has 0 unspecified atom stereocenters. The van der Waals surface area contributed by atoms with Crippen molar-refractivity contribution in [2.45, 2.75) is 26.0 Å². The van der Waals surface area contributed by atoms with Crippen LogP contribution in [0.25, 0.3) is 0 Å². The van der Waals surface area contributed by atoms with E-state index in [1.54, 1.807) is 11.8 Å². The molecular formula is C18H21NOS. The van der Waals surface area contributed by atoms with Crippen LogP contribution in [-0.2, 0) is 17.0 Å². The highest BCUT2D eigenvalue weighted by atomic mass is 32.2. The monoisotopic (exact) mass is 299 g/mol. The molecule has 0 atom stereocenters. The van der Waals surface area contributed by atoms with Crippen LogP contribution in [0.15, 0.2) is 48.5 Å². The lowest BCUT2D eigenvalue weighted by molar-refractivity contribution is -0.113. The zero-order valence-corrected chi connectivity index (χ0v) is 13.4. The number of benzene rings is 2. The molecule has 2 aromatic rings. The van der Waals surface area contributed by atoms with Crippen molar-refractivity contribution < 1.29 is 4.79 Å². The van der Waals surface area contributed by atoms with Crippen LogP contribution < -0.4 is 5.32 Å². The largest absolute Gasteiger partial charge is 0.325 e. The van der Waals surface area contributed by atoms with Gasteiger partial charge in [0.05, 0.1) is 5.75 Å². The highest BCUT2D eigenvalue weighted by Crippen LogP contribution is 2.14.